The molecular formula is C17H30N2OS. The Kier molecular flexibility index (Phi) is 6.68. The van der Waals surface area contributed by atoms with Crippen molar-refractivity contribution in [1.82, 2.24) is 4.90 Å². The number of hydrogen-bond acceptors (Lipinski definition) is 4. The summed E-state index contributed by atoms with van der Waals surface area (Å²) in [6.45, 7) is 9.57. The second kappa shape index (κ2) is 8.28. The minimum atomic E-state index is 0.202. The van der Waals surface area contributed by atoms with Crippen LogP contribution in [-0.4, -0.2) is 36.7 Å². The fraction of sp³-hybridized carbons (Fsp3) is 0.765. The van der Waals surface area contributed by atoms with E-state index in [4.69, 9.17) is 10.5 Å². The first-order chi connectivity index (χ1) is 10.2. The second-order valence-corrected chi connectivity index (χ2v) is 7.41. The number of piperidine rings is 1. The maximum Gasteiger partial charge on any atom is 0.0702 e. The molecule has 2 N–H and O–H groups in total. The molecule has 1 aromatic heterocycles. The summed E-state index contributed by atoms with van der Waals surface area (Å²) in [5, 5.41) is 0. The molecule has 21 heavy (non-hydrogen) atoms. The fourth-order valence-corrected chi connectivity index (χ4v) is 4.23. The Morgan fingerprint density at radius 1 is 1.43 bits per heavy atom. The van der Waals surface area contributed by atoms with E-state index in [-0.39, 0.29) is 6.04 Å². The second-order valence-electron chi connectivity index (χ2n) is 6.10. The lowest BCUT2D eigenvalue weighted by Crippen LogP contribution is -2.47. The predicted octanol–water partition coefficient (Wildman–Crippen LogP) is 3.73. The highest BCUT2D eigenvalue weighted by molar-refractivity contribution is 7.12. The average Bonchev–Trinajstić information content (AvgIpc) is 2.91. The molecule has 0 aromatic carbocycles. The molecule has 3 nitrogen and oxygen atoms in total. The van der Waals surface area contributed by atoms with Gasteiger partial charge in [-0.3, -0.25) is 4.90 Å². The maximum atomic E-state index is 6.46. The van der Waals surface area contributed by atoms with Crippen molar-refractivity contribution in [3.05, 3.63) is 21.9 Å². The number of aryl methyl sites for hydroxylation is 1. The van der Waals surface area contributed by atoms with E-state index < -0.39 is 0 Å². The number of rotatable bonds is 7. The Balaban J connectivity index is 2.09. The van der Waals surface area contributed by atoms with Gasteiger partial charge >= 0.3 is 0 Å². The number of hydrogen-bond donors (Lipinski definition) is 1. The number of likely N-dealkylation sites (tertiary alicyclic amines) is 1. The molecule has 0 bridgehead atoms. The lowest BCUT2D eigenvalue weighted by Gasteiger charge is -2.40. The van der Waals surface area contributed by atoms with Gasteiger partial charge in [-0.1, -0.05) is 13.8 Å². The van der Waals surface area contributed by atoms with Crippen LogP contribution in [0.25, 0.3) is 0 Å². The summed E-state index contributed by atoms with van der Waals surface area (Å²) in [6, 6.07) is 5.02. The van der Waals surface area contributed by atoms with Gasteiger partial charge in [-0.15, -0.1) is 11.3 Å². The highest BCUT2D eigenvalue weighted by atomic mass is 32.1. The normalized spacial score (nSPS) is 23.1. The number of ether oxygens (including phenoxy) is 1. The molecule has 2 heterocycles. The summed E-state index contributed by atoms with van der Waals surface area (Å²) >= 11 is 1.89. The third-order valence-electron chi connectivity index (χ3n) is 4.29. The van der Waals surface area contributed by atoms with Crippen molar-refractivity contribution in [2.75, 3.05) is 19.7 Å². The Labute approximate surface area is 133 Å². The molecule has 0 radical (unpaired) electrons. The van der Waals surface area contributed by atoms with Gasteiger partial charge in [0.05, 0.1) is 12.1 Å². The van der Waals surface area contributed by atoms with Crippen LogP contribution in [0.4, 0.5) is 0 Å². The fourth-order valence-electron chi connectivity index (χ4n) is 3.14. The summed E-state index contributed by atoms with van der Waals surface area (Å²) in [5.41, 5.74) is 6.46. The van der Waals surface area contributed by atoms with Crippen LogP contribution in [0.15, 0.2) is 12.1 Å². The largest absolute Gasteiger partial charge is 0.377 e. The molecule has 1 aromatic rings. The third-order valence-corrected chi connectivity index (χ3v) is 5.36. The molecule has 3 atom stereocenters. The minimum absolute atomic E-state index is 0.202. The lowest BCUT2D eigenvalue weighted by molar-refractivity contribution is -0.0160. The van der Waals surface area contributed by atoms with Crippen molar-refractivity contribution < 1.29 is 4.74 Å². The number of nitrogens with zero attached hydrogens (tertiary/aromatic N) is 1. The first kappa shape index (κ1) is 16.9. The zero-order chi connectivity index (χ0) is 15.2. The highest BCUT2D eigenvalue weighted by Crippen LogP contribution is 2.33. The molecule has 3 unspecified atom stereocenters. The van der Waals surface area contributed by atoms with Crippen LogP contribution in [0.5, 0.6) is 0 Å². The quantitative estimate of drug-likeness (QED) is 0.834. The molecule has 1 fully saturated rings. The van der Waals surface area contributed by atoms with Crippen molar-refractivity contribution >= 4 is 11.3 Å². The Morgan fingerprint density at radius 2 is 2.24 bits per heavy atom. The first-order valence-electron chi connectivity index (χ1n) is 8.33. The van der Waals surface area contributed by atoms with Crippen LogP contribution in [-0.2, 0) is 4.74 Å². The van der Waals surface area contributed by atoms with Gasteiger partial charge in [0.1, 0.15) is 0 Å². The summed E-state index contributed by atoms with van der Waals surface area (Å²) in [6.07, 6.45) is 4.89. The highest BCUT2D eigenvalue weighted by Gasteiger charge is 2.31. The van der Waals surface area contributed by atoms with Crippen LogP contribution in [0.3, 0.4) is 0 Å². The molecule has 1 saturated heterocycles. The van der Waals surface area contributed by atoms with E-state index in [1.807, 2.05) is 11.3 Å². The van der Waals surface area contributed by atoms with Crippen LogP contribution in [0.1, 0.15) is 55.3 Å². The van der Waals surface area contributed by atoms with Gasteiger partial charge in [0, 0.05) is 28.9 Å². The van der Waals surface area contributed by atoms with Crippen LogP contribution >= 0.6 is 11.3 Å². The van der Waals surface area contributed by atoms with Crippen LogP contribution in [0, 0.1) is 6.92 Å². The smallest absolute Gasteiger partial charge is 0.0702 e. The van der Waals surface area contributed by atoms with Gasteiger partial charge < -0.3 is 10.5 Å². The third kappa shape index (κ3) is 4.52. The van der Waals surface area contributed by atoms with Gasteiger partial charge in [0.2, 0.25) is 0 Å². The van der Waals surface area contributed by atoms with E-state index in [0.29, 0.717) is 12.1 Å². The molecule has 1 aliphatic heterocycles. The minimum Gasteiger partial charge on any atom is -0.377 e. The standard InChI is InChI=1S/C17H30N2OS/c1-4-11-20-14-7-6-10-19(12-14)17(15(18)5-2)16-9-8-13(3)21-16/h8-9,14-15,17H,4-7,10-12,18H2,1-3H3. The topological polar surface area (TPSA) is 38.5 Å². The zero-order valence-electron chi connectivity index (χ0n) is 13.7. The maximum absolute atomic E-state index is 6.46. The van der Waals surface area contributed by atoms with E-state index in [9.17, 15) is 0 Å². The molecular weight excluding hydrogens is 280 g/mol. The molecule has 1 aliphatic rings. The van der Waals surface area contributed by atoms with E-state index in [1.54, 1.807) is 0 Å². The van der Waals surface area contributed by atoms with Crippen LogP contribution in [0.2, 0.25) is 0 Å². The summed E-state index contributed by atoms with van der Waals surface area (Å²) < 4.78 is 5.99. The Bertz CT molecular complexity index is 421. The van der Waals surface area contributed by atoms with Crippen LogP contribution < -0.4 is 5.73 Å². The van der Waals surface area contributed by atoms with E-state index in [0.717, 1.165) is 32.5 Å². The average molecular weight is 311 g/mol. The van der Waals surface area contributed by atoms with E-state index in [1.165, 1.54) is 22.6 Å². The van der Waals surface area contributed by atoms with E-state index in [2.05, 4.69) is 37.8 Å². The van der Waals surface area contributed by atoms with Gasteiger partial charge in [0.25, 0.3) is 0 Å². The lowest BCUT2D eigenvalue weighted by atomic mass is 9.98. The summed E-state index contributed by atoms with van der Waals surface area (Å²) in [7, 11) is 0. The molecule has 4 heteroatoms. The van der Waals surface area contributed by atoms with Gasteiger partial charge in [-0.05, 0) is 51.3 Å². The molecule has 2 rings (SSSR count). The molecule has 0 spiro atoms. The number of nitrogens with two attached hydrogens (primary N) is 1. The van der Waals surface area contributed by atoms with Crippen molar-refractivity contribution in [2.24, 2.45) is 5.73 Å². The zero-order valence-corrected chi connectivity index (χ0v) is 14.5. The monoisotopic (exact) mass is 310 g/mol. The first-order valence-corrected chi connectivity index (χ1v) is 9.14. The predicted molar refractivity (Wildman–Crippen MR) is 90.9 cm³/mol. The van der Waals surface area contributed by atoms with Crippen molar-refractivity contribution in [1.29, 1.82) is 0 Å². The Hall–Kier alpha value is -0.420. The van der Waals surface area contributed by atoms with Crippen molar-refractivity contribution in [3.63, 3.8) is 0 Å². The van der Waals surface area contributed by atoms with Gasteiger partial charge in [-0.25, -0.2) is 0 Å². The van der Waals surface area contributed by atoms with Crippen molar-refractivity contribution in [3.8, 4) is 0 Å². The number of thiophene rings is 1. The summed E-state index contributed by atoms with van der Waals surface area (Å²) in [5.74, 6) is 0. The van der Waals surface area contributed by atoms with Gasteiger partial charge in [0.15, 0.2) is 0 Å². The molecule has 0 aliphatic carbocycles. The molecule has 0 amide bonds. The SMILES string of the molecule is CCCOC1CCCN(C(c2ccc(C)s2)C(N)CC)C1. The van der Waals surface area contributed by atoms with E-state index >= 15 is 0 Å². The molecule has 0 saturated carbocycles. The van der Waals surface area contributed by atoms with Gasteiger partial charge in [-0.2, -0.15) is 0 Å². The Morgan fingerprint density at radius 3 is 2.86 bits per heavy atom. The summed E-state index contributed by atoms with van der Waals surface area (Å²) in [4.78, 5) is 5.34. The molecule has 120 valence electrons. The van der Waals surface area contributed by atoms with Crippen molar-refractivity contribution in [2.45, 2.75) is 64.6 Å².